The van der Waals surface area contributed by atoms with Crippen molar-refractivity contribution in [3.63, 3.8) is 0 Å². The first kappa shape index (κ1) is 11.5. The molecule has 2 aliphatic rings. The highest BCUT2D eigenvalue weighted by Crippen LogP contribution is 2.46. The summed E-state index contributed by atoms with van der Waals surface area (Å²) in [6.45, 7) is 4.22. The van der Waals surface area contributed by atoms with Crippen molar-refractivity contribution < 1.29 is 4.74 Å². The zero-order valence-corrected chi connectivity index (χ0v) is 10.5. The first-order valence-corrected chi connectivity index (χ1v) is 6.73. The zero-order chi connectivity index (χ0) is 10.7. The Balaban J connectivity index is 1.67. The summed E-state index contributed by atoms with van der Waals surface area (Å²) in [5, 5.41) is 0. The number of hydrogen-bond acceptors (Lipinski definition) is 2. The van der Waals surface area contributed by atoms with E-state index in [0.717, 1.165) is 30.8 Å². The van der Waals surface area contributed by atoms with Crippen molar-refractivity contribution in [3.05, 3.63) is 12.2 Å². The molecule has 0 aliphatic heterocycles. The molecular weight excluding hydrogens is 204 g/mol. The van der Waals surface area contributed by atoms with Crippen LogP contribution in [0.3, 0.4) is 0 Å². The molecule has 0 aromatic heterocycles. The maximum absolute atomic E-state index is 5.88. The molecule has 0 N–H and O–H groups in total. The van der Waals surface area contributed by atoms with E-state index in [2.05, 4.69) is 31.7 Å². The Morgan fingerprint density at radius 1 is 1.33 bits per heavy atom. The second-order valence-electron chi connectivity index (χ2n) is 5.35. The summed E-state index contributed by atoms with van der Waals surface area (Å²) in [7, 11) is 0. The van der Waals surface area contributed by atoms with Crippen molar-refractivity contribution in [2.45, 2.75) is 32.6 Å². The van der Waals surface area contributed by atoms with Crippen LogP contribution < -0.4 is 0 Å². The van der Waals surface area contributed by atoms with Crippen LogP contribution in [0.1, 0.15) is 32.6 Å². The van der Waals surface area contributed by atoms with Crippen LogP contribution in [0.25, 0.3) is 0 Å². The molecule has 0 spiro atoms. The molecule has 0 radical (unpaired) electrons. The Morgan fingerprint density at radius 3 is 2.67 bits per heavy atom. The van der Waals surface area contributed by atoms with Crippen LogP contribution in [0.15, 0.2) is 12.2 Å². The lowest BCUT2D eigenvalue weighted by Gasteiger charge is -2.25. The second kappa shape index (κ2) is 4.92. The lowest BCUT2D eigenvalue weighted by atomic mass is 9.85. The van der Waals surface area contributed by atoms with E-state index in [1.807, 2.05) is 0 Å². The molecule has 1 saturated carbocycles. The molecule has 0 bridgehead atoms. The van der Waals surface area contributed by atoms with E-state index in [9.17, 15) is 0 Å². The van der Waals surface area contributed by atoms with E-state index in [0.29, 0.717) is 5.41 Å². The van der Waals surface area contributed by atoms with Gasteiger partial charge in [-0.1, -0.05) is 19.1 Å². The number of rotatable bonds is 5. The van der Waals surface area contributed by atoms with E-state index in [1.54, 1.807) is 0 Å². The fourth-order valence-electron chi connectivity index (χ4n) is 2.19. The topological polar surface area (TPSA) is 9.23 Å². The minimum Gasteiger partial charge on any atom is -0.381 e. The van der Waals surface area contributed by atoms with Gasteiger partial charge < -0.3 is 4.74 Å². The molecule has 0 heterocycles. The van der Waals surface area contributed by atoms with Gasteiger partial charge in [-0.25, -0.2) is 0 Å². The van der Waals surface area contributed by atoms with Crippen LogP contribution in [-0.4, -0.2) is 19.0 Å². The average molecular weight is 226 g/mol. The van der Waals surface area contributed by atoms with Gasteiger partial charge >= 0.3 is 0 Å². The molecule has 15 heavy (non-hydrogen) atoms. The third kappa shape index (κ3) is 3.01. The number of allylic oxidation sites excluding steroid dienone is 2. The lowest BCUT2D eigenvalue weighted by molar-refractivity contribution is 0.0540. The van der Waals surface area contributed by atoms with Gasteiger partial charge in [0.05, 0.1) is 6.61 Å². The van der Waals surface area contributed by atoms with Gasteiger partial charge in [-0.05, 0) is 43.3 Å². The van der Waals surface area contributed by atoms with Crippen LogP contribution in [-0.2, 0) is 4.74 Å². The van der Waals surface area contributed by atoms with E-state index < -0.39 is 0 Å². The molecule has 1 fully saturated rings. The molecule has 0 amide bonds. The highest BCUT2D eigenvalue weighted by Gasteiger charge is 2.41. The molecule has 0 aromatic rings. The lowest BCUT2D eigenvalue weighted by Crippen LogP contribution is -2.22. The van der Waals surface area contributed by atoms with Crippen molar-refractivity contribution in [1.29, 1.82) is 0 Å². The summed E-state index contributed by atoms with van der Waals surface area (Å²) in [4.78, 5) is 0. The van der Waals surface area contributed by atoms with Gasteiger partial charge in [0.25, 0.3) is 0 Å². The van der Waals surface area contributed by atoms with Crippen molar-refractivity contribution >= 4 is 12.6 Å². The molecule has 2 unspecified atom stereocenters. The van der Waals surface area contributed by atoms with Gasteiger partial charge in [0.1, 0.15) is 0 Å². The summed E-state index contributed by atoms with van der Waals surface area (Å²) < 4.78 is 5.88. The summed E-state index contributed by atoms with van der Waals surface area (Å²) >= 11 is 4.39. The first-order valence-electron chi connectivity index (χ1n) is 6.09. The van der Waals surface area contributed by atoms with Gasteiger partial charge in [-0.2, -0.15) is 12.6 Å². The van der Waals surface area contributed by atoms with E-state index in [-0.39, 0.29) is 0 Å². The molecule has 2 rings (SSSR count). The van der Waals surface area contributed by atoms with E-state index in [1.165, 1.54) is 25.7 Å². The predicted octanol–water partition coefficient (Wildman–Crippen LogP) is 3.32. The van der Waals surface area contributed by atoms with Crippen molar-refractivity contribution in [2.24, 2.45) is 17.3 Å². The predicted molar refractivity (Wildman–Crippen MR) is 67.4 cm³/mol. The van der Waals surface area contributed by atoms with Crippen molar-refractivity contribution in [1.82, 2.24) is 0 Å². The highest BCUT2D eigenvalue weighted by atomic mass is 32.1. The molecule has 2 aliphatic carbocycles. The minimum atomic E-state index is 0.455. The molecule has 0 aromatic carbocycles. The Morgan fingerprint density at radius 2 is 2.07 bits per heavy atom. The molecule has 1 nitrogen and oxygen atoms in total. The normalized spacial score (nSPS) is 32.9. The zero-order valence-electron chi connectivity index (χ0n) is 9.61. The third-order valence-corrected chi connectivity index (χ3v) is 4.62. The van der Waals surface area contributed by atoms with Crippen molar-refractivity contribution in [2.75, 3.05) is 19.0 Å². The SMILES string of the molecule is CC1CC=CCC1COCC1(CS)CC1. The van der Waals surface area contributed by atoms with Gasteiger partial charge in [0.15, 0.2) is 0 Å². The number of hydrogen-bond donors (Lipinski definition) is 1. The quantitative estimate of drug-likeness (QED) is 0.559. The Bertz CT molecular complexity index is 233. The van der Waals surface area contributed by atoms with Gasteiger partial charge in [-0.15, -0.1) is 0 Å². The first-order chi connectivity index (χ1) is 7.26. The van der Waals surface area contributed by atoms with Crippen LogP contribution >= 0.6 is 12.6 Å². The maximum atomic E-state index is 5.88. The second-order valence-corrected chi connectivity index (χ2v) is 5.67. The van der Waals surface area contributed by atoms with Crippen LogP contribution in [0, 0.1) is 17.3 Å². The largest absolute Gasteiger partial charge is 0.381 e. The monoisotopic (exact) mass is 226 g/mol. The summed E-state index contributed by atoms with van der Waals surface area (Å²) in [6, 6.07) is 0. The Labute approximate surface area is 98.7 Å². The van der Waals surface area contributed by atoms with Crippen molar-refractivity contribution in [3.8, 4) is 0 Å². The van der Waals surface area contributed by atoms with Gasteiger partial charge in [-0.3, -0.25) is 0 Å². The Hall–Kier alpha value is 0.0500. The summed E-state index contributed by atoms with van der Waals surface area (Å²) in [6.07, 6.45) is 9.67. The van der Waals surface area contributed by atoms with E-state index >= 15 is 0 Å². The van der Waals surface area contributed by atoms with Crippen LogP contribution in [0.2, 0.25) is 0 Å². The number of ether oxygens (including phenoxy) is 1. The average Bonchev–Trinajstić information content (AvgIpc) is 3.02. The van der Waals surface area contributed by atoms with Gasteiger partial charge in [0, 0.05) is 12.0 Å². The molecule has 2 atom stereocenters. The molecule has 86 valence electrons. The van der Waals surface area contributed by atoms with Gasteiger partial charge in [0.2, 0.25) is 0 Å². The fraction of sp³-hybridized carbons (Fsp3) is 0.846. The standard InChI is InChI=1S/C13H22OS/c1-11-4-2-3-5-12(11)8-14-9-13(10-15)6-7-13/h2-3,11-12,15H,4-10H2,1H3. The molecule has 0 saturated heterocycles. The van der Waals surface area contributed by atoms with E-state index in [4.69, 9.17) is 4.74 Å². The highest BCUT2D eigenvalue weighted by molar-refractivity contribution is 7.80. The summed E-state index contributed by atoms with van der Waals surface area (Å²) in [5.74, 6) is 2.53. The maximum Gasteiger partial charge on any atom is 0.0530 e. The van der Waals surface area contributed by atoms with Crippen LogP contribution in [0.5, 0.6) is 0 Å². The summed E-state index contributed by atoms with van der Waals surface area (Å²) in [5.41, 5.74) is 0.455. The molecule has 2 heteroatoms. The van der Waals surface area contributed by atoms with Crippen LogP contribution in [0.4, 0.5) is 0 Å². The third-order valence-electron chi connectivity index (χ3n) is 3.95. The number of thiol groups is 1. The fourth-order valence-corrected chi connectivity index (χ4v) is 2.60. The Kier molecular flexibility index (Phi) is 3.78. The smallest absolute Gasteiger partial charge is 0.0530 e. The minimum absolute atomic E-state index is 0.455. The molecular formula is C13H22OS.